The molecule has 0 unspecified atom stereocenters. The number of ether oxygens (including phenoxy) is 5. The fourth-order valence-corrected chi connectivity index (χ4v) is 5.39. The van der Waals surface area contributed by atoms with E-state index in [4.69, 9.17) is 23.7 Å². The third-order valence-electron chi connectivity index (χ3n) is 7.64. The zero-order valence-corrected chi connectivity index (χ0v) is 23.9. The van der Waals surface area contributed by atoms with Gasteiger partial charge in [0.05, 0.1) is 20.8 Å². The van der Waals surface area contributed by atoms with Crippen LogP contribution >= 0.6 is 0 Å². The van der Waals surface area contributed by atoms with Gasteiger partial charge >= 0.3 is 5.69 Å². The molecule has 1 saturated heterocycles. The third-order valence-corrected chi connectivity index (χ3v) is 7.64. The van der Waals surface area contributed by atoms with E-state index in [2.05, 4.69) is 4.98 Å². The summed E-state index contributed by atoms with van der Waals surface area (Å²) in [4.78, 5) is 26.9. The minimum atomic E-state index is -1.14. The van der Waals surface area contributed by atoms with Crippen molar-refractivity contribution in [1.82, 2.24) is 9.55 Å². The van der Waals surface area contributed by atoms with Crippen molar-refractivity contribution in [3.8, 4) is 11.5 Å². The van der Waals surface area contributed by atoms with Gasteiger partial charge in [0.25, 0.3) is 5.56 Å². The quantitative estimate of drug-likeness (QED) is 0.277. The molecule has 0 spiro atoms. The molecule has 10 heteroatoms. The fourth-order valence-electron chi connectivity index (χ4n) is 5.39. The molecule has 0 aliphatic carbocycles. The van der Waals surface area contributed by atoms with Gasteiger partial charge in [0.2, 0.25) is 0 Å². The van der Waals surface area contributed by atoms with E-state index in [-0.39, 0.29) is 6.61 Å². The minimum absolute atomic E-state index is 0.0679. The Labute approximate surface area is 243 Å². The van der Waals surface area contributed by atoms with Crippen LogP contribution in [0.4, 0.5) is 0 Å². The van der Waals surface area contributed by atoms with Crippen molar-refractivity contribution in [3.05, 3.63) is 128 Å². The minimum Gasteiger partial charge on any atom is -0.497 e. The average molecular weight is 575 g/mol. The second-order valence-electron chi connectivity index (χ2n) is 10.0. The Kier molecular flexibility index (Phi) is 8.60. The lowest BCUT2D eigenvalue weighted by Gasteiger charge is -2.37. The summed E-state index contributed by atoms with van der Waals surface area (Å²) in [5.74, 6) is 1.38. The van der Waals surface area contributed by atoms with Crippen molar-refractivity contribution < 1.29 is 28.8 Å². The van der Waals surface area contributed by atoms with Gasteiger partial charge in [-0.15, -0.1) is 0 Å². The Morgan fingerprint density at radius 3 is 1.93 bits per heavy atom. The summed E-state index contributed by atoms with van der Waals surface area (Å²) in [6, 6.07) is 24.9. The van der Waals surface area contributed by atoms with Gasteiger partial charge in [-0.2, -0.15) is 0 Å². The Hall–Kier alpha value is -4.22. The van der Waals surface area contributed by atoms with Gasteiger partial charge in [-0.3, -0.25) is 14.3 Å². The highest BCUT2D eigenvalue weighted by Crippen LogP contribution is 2.43. The standard InChI is InChI=1S/C32H34N2O8/c1-20-18-34(31(37)33-29(20)36)30-28(40-4)27(35)26(42-30)19-41-32(21-8-6-5-7-9-21,22-10-14-24(38-2)15-11-22)23-12-16-25(39-3)17-13-23/h5-18,26-28,30,35H,19H2,1-4H3,(H,33,36,37)/t26-,27-,28-,30-/m1/s1. The molecular weight excluding hydrogens is 540 g/mol. The number of methoxy groups -OCH3 is 3. The maximum absolute atomic E-state index is 12.7. The van der Waals surface area contributed by atoms with E-state index in [0.29, 0.717) is 17.1 Å². The highest BCUT2D eigenvalue weighted by atomic mass is 16.6. The molecular formula is C32H34N2O8. The lowest BCUT2D eigenvalue weighted by atomic mass is 9.80. The molecule has 1 aliphatic heterocycles. The monoisotopic (exact) mass is 574 g/mol. The van der Waals surface area contributed by atoms with E-state index in [9.17, 15) is 14.7 Å². The summed E-state index contributed by atoms with van der Waals surface area (Å²) < 4.78 is 30.7. The number of H-pyrrole nitrogens is 1. The van der Waals surface area contributed by atoms with Crippen LogP contribution in [0, 0.1) is 6.92 Å². The van der Waals surface area contributed by atoms with E-state index in [1.54, 1.807) is 21.1 Å². The summed E-state index contributed by atoms with van der Waals surface area (Å²) in [6.07, 6.45) is -2.50. The lowest BCUT2D eigenvalue weighted by molar-refractivity contribution is -0.0967. The molecule has 0 bridgehead atoms. The third kappa shape index (κ3) is 5.37. The number of rotatable bonds is 10. The first-order valence-corrected chi connectivity index (χ1v) is 13.5. The topological polar surface area (TPSA) is 121 Å². The number of aromatic amines is 1. The van der Waals surface area contributed by atoms with E-state index in [0.717, 1.165) is 16.7 Å². The van der Waals surface area contributed by atoms with Gasteiger partial charge < -0.3 is 28.8 Å². The van der Waals surface area contributed by atoms with Crippen molar-refractivity contribution in [2.75, 3.05) is 27.9 Å². The Bertz CT molecular complexity index is 1550. The van der Waals surface area contributed by atoms with E-state index >= 15 is 0 Å². The molecule has 0 saturated carbocycles. The summed E-state index contributed by atoms with van der Waals surface area (Å²) in [5.41, 5.74) is 0.523. The maximum atomic E-state index is 12.7. The summed E-state index contributed by atoms with van der Waals surface area (Å²) in [7, 11) is 4.65. The molecule has 220 valence electrons. The molecule has 1 aliphatic rings. The highest BCUT2D eigenvalue weighted by molar-refractivity contribution is 5.49. The van der Waals surface area contributed by atoms with Crippen LogP contribution in [0.5, 0.6) is 11.5 Å². The van der Waals surface area contributed by atoms with Crippen LogP contribution in [0.2, 0.25) is 0 Å². The van der Waals surface area contributed by atoms with Crippen molar-refractivity contribution in [3.63, 3.8) is 0 Å². The number of aliphatic hydroxyl groups excluding tert-OH is 1. The SMILES string of the molecule is COc1ccc(C(OC[C@H]2O[C@@H](n3cc(C)c(=O)[nH]c3=O)[C@H](OC)[C@@H]2O)(c2ccccc2)c2ccc(OC)cc2)cc1. The Balaban J connectivity index is 1.57. The van der Waals surface area contributed by atoms with Crippen LogP contribution < -0.4 is 20.7 Å². The van der Waals surface area contributed by atoms with Gasteiger partial charge in [-0.25, -0.2) is 4.79 Å². The molecule has 2 N–H and O–H groups in total. The van der Waals surface area contributed by atoms with Gasteiger partial charge in [-0.1, -0.05) is 54.6 Å². The van der Waals surface area contributed by atoms with Crippen molar-refractivity contribution in [2.45, 2.75) is 37.1 Å². The predicted octanol–water partition coefficient (Wildman–Crippen LogP) is 3.14. The van der Waals surface area contributed by atoms with Crippen LogP contribution in [0.1, 0.15) is 28.5 Å². The predicted molar refractivity (Wildman–Crippen MR) is 155 cm³/mol. The summed E-state index contributed by atoms with van der Waals surface area (Å²) in [6.45, 7) is 1.52. The first-order chi connectivity index (χ1) is 20.3. The first kappa shape index (κ1) is 29.3. The van der Waals surface area contributed by atoms with Crippen LogP contribution in [0.25, 0.3) is 0 Å². The number of aliphatic hydroxyl groups is 1. The summed E-state index contributed by atoms with van der Waals surface area (Å²) >= 11 is 0. The number of aryl methyl sites for hydroxylation is 1. The number of hydrogen-bond acceptors (Lipinski definition) is 8. The largest absolute Gasteiger partial charge is 0.497 e. The van der Waals surface area contributed by atoms with Crippen LogP contribution in [-0.2, 0) is 19.8 Å². The molecule has 2 heterocycles. The van der Waals surface area contributed by atoms with Crippen molar-refractivity contribution >= 4 is 0 Å². The second kappa shape index (κ2) is 12.3. The fraction of sp³-hybridized carbons (Fsp3) is 0.312. The molecule has 1 fully saturated rings. The van der Waals surface area contributed by atoms with Gasteiger partial charge in [-0.05, 0) is 47.9 Å². The van der Waals surface area contributed by atoms with Crippen molar-refractivity contribution in [2.24, 2.45) is 0 Å². The molecule has 42 heavy (non-hydrogen) atoms. The Morgan fingerprint density at radius 2 is 1.40 bits per heavy atom. The molecule has 4 atom stereocenters. The summed E-state index contributed by atoms with van der Waals surface area (Å²) in [5, 5.41) is 11.3. The maximum Gasteiger partial charge on any atom is 0.330 e. The van der Waals surface area contributed by atoms with E-state index in [1.807, 2.05) is 78.9 Å². The number of hydrogen-bond donors (Lipinski definition) is 2. The second-order valence-corrected chi connectivity index (χ2v) is 10.0. The normalized spacial score (nSPS) is 20.4. The van der Waals surface area contributed by atoms with E-state index < -0.39 is 41.4 Å². The average Bonchev–Trinajstić information content (AvgIpc) is 3.34. The molecule has 3 aromatic carbocycles. The molecule has 5 rings (SSSR count). The molecule has 4 aromatic rings. The number of benzene rings is 3. The highest BCUT2D eigenvalue weighted by Gasteiger charge is 2.47. The van der Waals surface area contributed by atoms with Gasteiger partial charge in [0, 0.05) is 18.9 Å². The van der Waals surface area contributed by atoms with Crippen molar-refractivity contribution in [1.29, 1.82) is 0 Å². The van der Waals surface area contributed by atoms with Gasteiger partial charge in [0.15, 0.2) is 6.23 Å². The van der Waals surface area contributed by atoms with E-state index in [1.165, 1.54) is 17.9 Å². The molecule has 10 nitrogen and oxygen atoms in total. The van der Waals surface area contributed by atoms with Gasteiger partial charge in [0.1, 0.15) is 35.4 Å². The zero-order chi connectivity index (χ0) is 29.9. The van der Waals surface area contributed by atoms with Crippen LogP contribution in [0.15, 0.2) is 94.6 Å². The Morgan fingerprint density at radius 1 is 0.857 bits per heavy atom. The first-order valence-electron chi connectivity index (χ1n) is 13.5. The molecule has 1 aromatic heterocycles. The molecule has 0 amide bonds. The number of nitrogens with one attached hydrogen (secondary N) is 1. The zero-order valence-electron chi connectivity index (χ0n) is 23.9. The smallest absolute Gasteiger partial charge is 0.330 e. The lowest BCUT2D eigenvalue weighted by Crippen LogP contribution is -2.40. The van der Waals surface area contributed by atoms with Crippen LogP contribution in [-0.4, -0.2) is 60.9 Å². The molecule has 0 radical (unpaired) electrons. The number of nitrogens with zero attached hydrogens (tertiary/aromatic N) is 1. The number of aromatic nitrogens is 2. The van der Waals surface area contributed by atoms with Crippen LogP contribution in [0.3, 0.4) is 0 Å².